The van der Waals surface area contributed by atoms with Gasteiger partial charge in [-0.05, 0) is 18.9 Å². The summed E-state index contributed by atoms with van der Waals surface area (Å²) in [5.74, 6) is 0.254. The second-order valence-electron chi connectivity index (χ2n) is 5.31. The molecule has 2 heteroatoms. The third kappa shape index (κ3) is 2.93. The van der Waals surface area contributed by atoms with Crippen LogP contribution in [0, 0.1) is 5.92 Å². The lowest BCUT2D eigenvalue weighted by molar-refractivity contribution is -0.214. The van der Waals surface area contributed by atoms with Crippen molar-refractivity contribution in [2.75, 3.05) is 0 Å². The summed E-state index contributed by atoms with van der Waals surface area (Å²) in [6, 6.07) is 10.2. The maximum Gasteiger partial charge on any atom is 0.0906 e. The third-order valence-corrected chi connectivity index (χ3v) is 3.93. The van der Waals surface area contributed by atoms with Crippen LogP contribution in [-0.4, -0.2) is 17.3 Å². The minimum atomic E-state index is -0.231. The highest BCUT2D eigenvalue weighted by Crippen LogP contribution is 2.43. The Morgan fingerprint density at radius 1 is 1.22 bits per heavy atom. The lowest BCUT2D eigenvalue weighted by atomic mass is 9.80. The van der Waals surface area contributed by atoms with Gasteiger partial charge in [-0.1, -0.05) is 56.5 Å². The topological polar surface area (TPSA) is 29.5 Å². The Kier molecular flexibility index (Phi) is 4.79. The van der Waals surface area contributed by atoms with Gasteiger partial charge < -0.3 is 9.84 Å². The number of aliphatic hydroxyl groups excluding tert-OH is 1. The van der Waals surface area contributed by atoms with E-state index in [1.54, 1.807) is 0 Å². The fraction of sp³-hybridized carbons (Fsp3) is 0.625. The zero-order valence-corrected chi connectivity index (χ0v) is 11.4. The monoisotopic (exact) mass is 248 g/mol. The maximum absolute atomic E-state index is 10.3. The van der Waals surface area contributed by atoms with Crippen LogP contribution in [0.4, 0.5) is 0 Å². The van der Waals surface area contributed by atoms with Gasteiger partial charge in [0.2, 0.25) is 0 Å². The Morgan fingerprint density at radius 3 is 2.56 bits per heavy atom. The highest BCUT2D eigenvalue weighted by atomic mass is 16.5. The highest BCUT2D eigenvalue weighted by molar-refractivity contribution is 5.21. The molecule has 1 aliphatic rings. The van der Waals surface area contributed by atoms with E-state index in [1.165, 1.54) is 18.4 Å². The van der Waals surface area contributed by atoms with Crippen molar-refractivity contribution >= 4 is 0 Å². The maximum atomic E-state index is 10.3. The van der Waals surface area contributed by atoms with Crippen molar-refractivity contribution < 1.29 is 9.84 Å². The van der Waals surface area contributed by atoms with Crippen LogP contribution in [0.5, 0.6) is 0 Å². The minimum absolute atomic E-state index is 0.0813. The van der Waals surface area contributed by atoms with Gasteiger partial charge in [-0.3, -0.25) is 0 Å². The van der Waals surface area contributed by atoms with E-state index < -0.39 is 0 Å². The Morgan fingerprint density at radius 2 is 1.94 bits per heavy atom. The van der Waals surface area contributed by atoms with Gasteiger partial charge in [0.05, 0.1) is 18.3 Å². The molecule has 0 aromatic heterocycles. The predicted molar refractivity (Wildman–Crippen MR) is 73.4 cm³/mol. The number of hydrogen-bond donors (Lipinski definition) is 1. The van der Waals surface area contributed by atoms with Gasteiger partial charge in [0.1, 0.15) is 0 Å². The Bertz CT molecular complexity index is 349. The average molecular weight is 248 g/mol. The normalized spacial score (nSPS) is 28.7. The summed E-state index contributed by atoms with van der Waals surface area (Å²) in [5, 5.41) is 10.3. The summed E-state index contributed by atoms with van der Waals surface area (Å²) < 4.78 is 5.81. The van der Waals surface area contributed by atoms with E-state index in [9.17, 15) is 5.11 Å². The molecule has 0 amide bonds. The molecule has 1 heterocycles. The van der Waals surface area contributed by atoms with E-state index in [0.717, 1.165) is 12.8 Å². The summed E-state index contributed by atoms with van der Waals surface area (Å²) >= 11 is 0. The van der Waals surface area contributed by atoms with E-state index in [2.05, 4.69) is 26.0 Å². The van der Waals surface area contributed by atoms with E-state index in [4.69, 9.17) is 4.74 Å². The van der Waals surface area contributed by atoms with Gasteiger partial charge in [-0.15, -0.1) is 0 Å². The largest absolute Gasteiger partial charge is 0.393 e. The molecule has 2 rings (SSSR count). The number of aliphatic hydroxyl groups is 1. The number of benzene rings is 1. The molecule has 1 aliphatic heterocycles. The molecule has 1 saturated heterocycles. The Balaban J connectivity index is 1.94. The minimum Gasteiger partial charge on any atom is -0.393 e. The average Bonchev–Trinajstić information content (AvgIpc) is 2.37. The van der Waals surface area contributed by atoms with E-state index >= 15 is 0 Å². The van der Waals surface area contributed by atoms with Gasteiger partial charge >= 0.3 is 0 Å². The van der Waals surface area contributed by atoms with Crippen LogP contribution in [0.15, 0.2) is 30.3 Å². The molecule has 0 bridgehead atoms. The van der Waals surface area contributed by atoms with Gasteiger partial charge in [0.15, 0.2) is 0 Å². The van der Waals surface area contributed by atoms with Crippen molar-refractivity contribution in [3.8, 4) is 0 Å². The molecule has 1 aromatic carbocycles. The molecular formula is C16H24O2. The van der Waals surface area contributed by atoms with Crippen molar-refractivity contribution in [2.24, 2.45) is 5.92 Å². The zero-order valence-electron chi connectivity index (χ0n) is 11.4. The molecule has 0 radical (unpaired) electrons. The molecule has 0 spiro atoms. The summed E-state index contributed by atoms with van der Waals surface area (Å²) in [6.45, 7) is 4.25. The second kappa shape index (κ2) is 6.35. The van der Waals surface area contributed by atoms with Crippen LogP contribution in [0.25, 0.3) is 0 Å². The molecule has 0 saturated carbocycles. The van der Waals surface area contributed by atoms with Crippen LogP contribution in [0.1, 0.15) is 51.2 Å². The first-order valence-electron chi connectivity index (χ1n) is 7.12. The molecule has 18 heavy (non-hydrogen) atoms. The molecule has 0 aliphatic carbocycles. The van der Waals surface area contributed by atoms with Crippen LogP contribution in [-0.2, 0) is 4.74 Å². The Hall–Kier alpha value is -0.860. The van der Waals surface area contributed by atoms with Gasteiger partial charge in [0.25, 0.3) is 0 Å². The quantitative estimate of drug-likeness (QED) is 0.778. The molecule has 4 atom stereocenters. The standard InChI is InChI=1S/C16H24O2/c1-3-4-6-11-14(17)15-12(2)18-16(15)13-9-7-5-8-10-13/h5,7-10,12,14-17H,3-4,6,11H2,1-2H3/t12-,14-,15+,16+/m0/s1. The van der Waals surface area contributed by atoms with Crippen LogP contribution < -0.4 is 0 Å². The molecule has 1 aromatic rings. The van der Waals surface area contributed by atoms with Crippen molar-refractivity contribution in [3.05, 3.63) is 35.9 Å². The number of rotatable bonds is 6. The SMILES string of the molecule is CCCCC[C@H](O)[C@H]1[C@H](C)O[C@@H]1c1ccccc1. The predicted octanol–water partition coefficient (Wildman–Crippen LogP) is 3.70. The molecule has 100 valence electrons. The first kappa shape index (κ1) is 13.6. The molecule has 1 fully saturated rings. The van der Waals surface area contributed by atoms with Crippen molar-refractivity contribution in [3.63, 3.8) is 0 Å². The zero-order chi connectivity index (χ0) is 13.0. The van der Waals surface area contributed by atoms with Gasteiger partial charge in [0, 0.05) is 5.92 Å². The van der Waals surface area contributed by atoms with E-state index in [-0.39, 0.29) is 24.2 Å². The second-order valence-corrected chi connectivity index (χ2v) is 5.31. The van der Waals surface area contributed by atoms with Gasteiger partial charge in [-0.25, -0.2) is 0 Å². The Labute approximate surface area is 110 Å². The summed E-state index contributed by atoms with van der Waals surface area (Å²) in [5.41, 5.74) is 1.19. The highest BCUT2D eigenvalue weighted by Gasteiger charge is 2.44. The number of unbranched alkanes of at least 4 members (excludes halogenated alkanes) is 2. The molecule has 0 unspecified atom stereocenters. The molecule has 1 N–H and O–H groups in total. The summed E-state index contributed by atoms with van der Waals surface area (Å²) in [7, 11) is 0. The van der Waals surface area contributed by atoms with Crippen LogP contribution in [0.3, 0.4) is 0 Å². The molecule has 2 nitrogen and oxygen atoms in total. The van der Waals surface area contributed by atoms with E-state index in [1.807, 2.05) is 18.2 Å². The van der Waals surface area contributed by atoms with E-state index in [0.29, 0.717) is 0 Å². The molecular weight excluding hydrogens is 224 g/mol. The third-order valence-electron chi connectivity index (χ3n) is 3.93. The van der Waals surface area contributed by atoms with Crippen LogP contribution in [0.2, 0.25) is 0 Å². The number of ether oxygens (including phenoxy) is 1. The van der Waals surface area contributed by atoms with Crippen molar-refractivity contribution in [1.82, 2.24) is 0 Å². The smallest absolute Gasteiger partial charge is 0.0906 e. The fourth-order valence-corrected chi connectivity index (χ4v) is 2.82. The fourth-order valence-electron chi connectivity index (χ4n) is 2.82. The summed E-state index contributed by atoms with van der Waals surface area (Å²) in [6.07, 6.45) is 4.44. The lowest BCUT2D eigenvalue weighted by Gasteiger charge is -2.46. The summed E-state index contributed by atoms with van der Waals surface area (Å²) in [4.78, 5) is 0. The number of hydrogen-bond acceptors (Lipinski definition) is 2. The first-order chi connectivity index (χ1) is 8.74. The first-order valence-corrected chi connectivity index (χ1v) is 7.12. The van der Waals surface area contributed by atoms with Crippen LogP contribution >= 0.6 is 0 Å². The lowest BCUT2D eigenvalue weighted by Crippen LogP contribution is -2.47. The van der Waals surface area contributed by atoms with Crippen molar-refractivity contribution in [2.45, 2.75) is 57.8 Å². The van der Waals surface area contributed by atoms with Gasteiger partial charge in [-0.2, -0.15) is 0 Å². The van der Waals surface area contributed by atoms with Crippen molar-refractivity contribution in [1.29, 1.82) is 0 Å².